The van der Waals surface area contributed by atoms with Crippen LogP contribution in [0, 0.1) is 11.3 Å². The largest absolute Gasteiger partial charge is 0.493 e. The van der Waals surface area contributed by atoms with E-state index in [1.165, 1.54) is 11.8 Å². The number of nitriles is 1. The van der Waals surface area contributed by atoms with Crippen molar-refractivity contribution in [2.45, 2.75) is 17.1 Å². The minimum atomic E-state index is -0.553. The molecule has 0 bridgehead atoms. The fraction of sp³-hybridized carbons (Fsp3) is 0.222. The molecule has 180 valence electrons. The molecule has 1 amide bonds. The number of ether oxygens (including phenoxy) is 3. The van der Waals surface area contributed by atoms with E-state index in [9.17, 15) is 9.59 Å². The summed E-state index contributed by atoms with van der Waals surface area (Å²) in [5.41, 5.74) is 3.02. The fourth-order valence-corrected chi connectivity index (χ4v) is 4.24. The number of nitrogens with one attached hydrogen (secondary N) is 1. The van der Waals surface area contributed by atoms with Crippen LogP contribution < -0.4 is 14.8 Å². The lowest BCUT2D eigenvalue weighted by atomic mass is 10.1. The normalized spacial score (nSPS) is 10.2. The third kappa shape index (κ3) is 7.52. The minimum Gasteiger partial charge on any atom is -0.493 e. The summed E-state index contributed by atoms with van der Waals surface area (Å²) in [6.07, 6.45) is 0.592. The average molecular weight is 491 g/mol. The molecule has 7 nitrogen and oxygen atoms in total. The first-order chi connectivity index (χ1) is 17.0. The molecule has 0 aliphatic rings. The number of hydrogen-bond donors (Lipinski definition) is 1. The first-order valence-corrected chi connectivity index (χ1v) is 11.9. The quantitative estimate of drug-likeness (QED) is 0.315. The standard InChI is InChI=1S/C27H26N2O5S/c1-32-23-12-11-19(15-24(23)33-2)13-14-29-26(30)17-34-27(31)22-5-3-4-6-25(22)35-18-21-9-7-20(16-28)8-10-21/h3-12,15H,13-14,17-18H2,1-2H3,(H,29,30). The number of nitrogens with zero attached hydrogens (tertiary/aromatic N) is 1. The highest BCUT2D eigenvalue weighted by molar-refractivity contribution is 7.98. The molecular formula is C27H26N2O5S. The van der Waals surface area contributed by atoms with E-state index in [0.29, 0.717) is 41.3 Å². The van der Waals surface area contributed by atoms with Crippen molar-refractivity contribution < 1.29 is 23.8 Å². The number of rotatable bonds is 11. The summed E-state index contributed by atoms with van der Waals surface area (Å²) in [4.78, 5) is 25.6. The maximum absolute atomic E-state index is 12.6. The zero-order valence-corrected chi connectivity index (χ0v) is 20.4. The van der Waals surface area contributed by atoms with Crippen LogP contribution in [0.3, 0.4) is 0 Å². The van der Waals surface area contributed by atoms with E-state index in [-0.39, 0.29) is 12.5 Å². The van der Waals surface area contributed by atoms with Crippen molar-refractivity contribution in [2.75, 3.05) is 27.4 Å². The first-order valence-electron chi connectivity index (χ1n) is 10.9. The van der Waals surface area contributed by atoms with E-state index in [1.54, 1.807) is 38.5 Å². The van der Waals surface area contributed by atoms with E-state index in [0.717, 1.165) is 16.0 Å². The number of thioether (sulfide) groups is 1. The monoisotopic (exact) mass is 490 g/mol. The van der Waals surface area contributed by atoms with Gasteiger partial charge in [0.1, 0.15) is 0 Å². The van der Waals surface area contributed by atoms with Crippen LogP contribution in [0.5, 0.6) is 11.5 Å². The van der Waals surface area contributed by atoms with Crippen LogP contribution in [0.25, 0.3) is 0 Å². The molecule has 0 aliphatic carbocycles. The van der Waals surface area contributed by atoms with E-state index in [2.05, 4.69) is 11.4 Å². The summed E-state index contributed by atoms with van der Waals surface area (Å²) < 4.78 is 15.8. The highest BCUT2D eigenvalue weighted by Crippen LogP contribution is 2.28. The van der Waals surface area contributed by atoms with Crippen molar-refractivity contribution in [3.63, 3.8) is 0 Å². The number of carbonyl (C=O) groups excluding carboxylic acids is 2. The van der Waals surface area contributed by atoms with Crippen molar-refractivity contribution in [2.24, 2.45) is 0 Å². The van der Waals surface area contributed by atoms with Gasteiger partial charge >= 0.3 is 5.97 Å². The molecule has 0 fully saturated rings. The van der Waals surface area contributed by atoms with Gasteiger partial charge < -0.3 is 19.5 Å². The number of hydrogen-bond acceptors (Lipinski definition) is 7. The molecule has 35 heavy (non-hydrogen) atoms. The van der Waals surface area contributed by atoms with Gasteiger partial charge in [0.05, 0.1) is 31.4 Å². The van der Waals surface area contributed by atoms with Crippen LogP contribution in [-0.4, -0.2) is 39.2 Å². The molecule has 0 unspecified atom stereocenters. The molecule has 0 saturated carbocycles. The van der Waals surface area contributed by atoms with Gasteiger partial charge in [-0.1, -0.05) is 30.3 Å². The Hall–Kier alpha value is -3.96. The molecule has 3 aromatic rings. The van der Waals surface area contributed by atoms with Crippen LogP contribution in [0.1, 0.15) is 27.0 Å². The molecule has 0 radical (unpaired) electrons. The summed E-state index contributed by atoms with van der Waals surface area (Å²) >= 11 is 1.49. The molecule has 0 atom stereocenters. The van der Waals surface area contributed by atoms with E-state index >= 15 is 0 Å². The van der Waals surface area contributed by atoms with Crippen LogP contribution in [0.4, 0.5) is 0 Å². The van der Waals surface area contributed by atoms with Crippen molar-refractivity contribution in [1.82, 2.24) is 5.32 Å². The summed E-state index contributed by atoms with van der Waals surface area (Å²) in [7, 11) is 3.15. The second-order valence-electron chi connectivity index (χ2n) is 7.46. The Morgan fingerprint density at radius 3 is 2.37 bits per heavy atom. The Kier molecular flexibility index (Phi) is 9.58. The highest BCUT2D eigenvalue weighted by Gasteiger charge is 2.15. The van der Waals surface area contributed by atoms with Gasteiger partial charge in [0, 0.05) is 17.2 Å². The van der Waals surface area contributed by atoms with Gasteiger partial charge in [-0.3, -0.25) is 4.79 Å². The van der Waals surface area contributed by atoms with Gasteiger partial charge in [0.15, 0.2) is 18.1 Å². The second-order valence-corrected chi connectivity index (χ2v) is 8.48. The van der Waals surface area contributed by atoms with Gasteiger partial charge in [-0.05, 0) is 53.9 Å². The zero-order chi connectivity index (χ0) is 25.0. The lowest BCUT2D eigenvalue weighted by Crippen LogP contribution is -2.30. The Labute approximate surface area is 209 Å². The number of esters is 1. The molecule has 8 heteroatoms. The Balaban J connectivity index is 1.47. The Bertz CT molecular complexity index is 1200. The molecule has 0 spiro atoms. The molecular weight excluding hydrogens is 464 g/mol. The summed E-state index contributed by atoms with van der Waals surface area (Å²) in [6.45, 7) is 0.0300. The SMILES string of the molecule is COc1ccc(CCNC(=O)COC(=O)c2ccccc2SCc2ccc(C#N)cc2)cc1OC. The second kappa shape index (κ2) is 13.1. The van der Waals surface area contributed by atoms with Crippen molar-refractivity contribution in [1.29, 1.82) is 5.26 Å². The van der Waals surface area contributed by atoms with Crippen LogP contribution in [0.2, 0.25) is 0 Å². The van der Waals surface area contributed by atoms with Crippen molar-refractivity contribution in [3.8, 4) is 17.6 Å². The van der Waals surface area contributed by atoms with Crippen LogP contribution in [-0.2, 0) is 21.7 Å². The number of methoxy groups -OCH3 is 2. The number of amides is 1. The van der Waals surface area contributed by atoms with Crippen LogP contribution in [0.15, 0.2) is 71.6 Å². The van der Waals surface area contributed by atoms with Crippen molar-refractivity contribution >= 4 is 23.6 Å². The number of benzene rings is 3. The fourth-order valence-electron chi connectivity index (χ4n) is 3.24. The lowest BCUT2D eigenvalue weighted by molar-refractivity contribution is -0.124. The smallest absolute Gasteiger partial charge is 0.339 e. The lowest BCUT2D eigenvalue weighted by Gasteiger charge is -2.11. The van der Waals surface area contributed by atoms with E-state index < -0.39 is 5.97 Å². The van der Waals surface area contributed by atoms with Gasteiger partial charge in [-0.2, -0.15) is 5.26 Å². The predicted octanol–water partition coefficient (Wildman–Crippen LogP) is 4.38. The molecule has 3 rings (SSSR count). The molecule has 1 N–H and O–H groups in total. The summed E-state index contributed by atoms with van der Waals surface area (Å²) in [6, 6.07) is 22.1. The minimum absolute atomic E-state index is 0.362. The predicted molar refractivity (Wildman–Crippen MR) is 134 cm³/mol. The van der Waals surface area contributed by atoms with E-state index in [1.807, 2.05) is 42.5 Å². The molecule has 3 aromatic carbocycles. The van der Waals surface area contributed by atoms with Crippen LogP contribution >= 0.6 is 11.8 Å². The molecule has 0 aromatic heterocycles. The van der Waals surface area contributed by atoms with Gasteiger partial charge in [0.25, 0.3) is 5.91 Å². The maximum Gasteiger partial charge on any atom is 0.339 e. The Morgan fingerprint density at radius 1 is 0.943 bits per heavy atom. The summed E-state index contributed by atoms with van der Waals surface area (Å²) in [5.74, 6) is 0.972. The van der Waals surface area contributed by atoms with E-state index in [4.69, 9.17) is 19.5 Å². The Morgan fingerprint density at radius 2 is 1.66 bits per heavy atom. The zero-order valence-electron chi connectivity index (χ0n) is 19.6. The van der Waals surface area contributed by atoms with Gasteiger partial charge in [0.2, 0.25) is 0 Å². The molecule has 0 aliphatic heterocycles. The topological polar surface area (TPSA) is 97.6 Å². The van der Waals surface area contributed by atoms with Gasteiger partial charge in [-0.25, -0.2) is 4.79 Å². The summed E-state index contributed by atoms with van der Waals surface area (Å²) in [5, 5.41) is 11.7. The molecule has 0 heterocycles. The number of carbonyl (C=O) groups is 2. The maximum atomic E-state index is 12.6. The highest BCUT2D eigenvalue weighted by atomic mass is 32.2. The average Bonchev–Trinajstić information content (AvgIpc) is 2.90. The van der Waals surface area contributed by atoms with Crippen molar-refractivity contribution in [3.05, 3.63) is 89.0 Å². The first kappa shape index (κ1) is 25.7. The third-order valence-electron chi connectivity index (χ3n) is 5.10. The molecule has 0 saturated heterocycles. The third-order valence-corrected chi connectivity index (χ3v) is 6.25. The van der Waals surface area contributed by atoms with Gasteiger partial charge in [-0.15, -0.1) is 11.8 Å².